The van der Waals surface area contributed by atoms with E-state index in [-0.39, 0.29) is 12.4 Å². The van der Waals surface area contributed by atoms with E-state index in [4.69, 9.17) is 5.11 Å². The fourth-order valence-electron chi connectivity index (χ4n) is 1.55. The Morgan fingerprint density at radius 1 is 1.44 bits per heavy atom. The number of anilines is 1. The van der Waals surface area contributed by atoms with Crippen LogP contribution in [-0.4, -0.2) is 18.7 Å². The van der Waals surface area contributed by atoms with Gasteiger partial charge in [0.2, 0.25) is 0 Å². The molecule has 0 aliphatic rings. The van der Waals surface area contributed by atoms with Gasteiger partial charge in [-0.25, -0.2) is 4.39 Å². The number of allylic oxidation sites excluding steroid dienone is 1. The monoisotopic (exact) mass is 223 g/mol. The summed E-state index contributed by atoms with van der Waals surface area (Å²) in [6.07, 6.45) is 3.82. The first-order chi connectivity index (χ1) is 7.67. The summed E-state index contributed by atoms with van der Waals surface area (Å²) < 4.78 is 13.2. The molecule has 0 saturated heterocycles. The second-order valence-corrected chi connectivity index (χ2v) is 3.83. The van der Waals surface area contributed by atoms with E-state index >= 15 is 0 Å². The number of hydrogen-bond acceptors (Lipinski definition) is 2. The molecule has 88 valence electrons. The standard InChI is InChI=1S/C13H18FNO/c1-3-4-5-6-15(2)13-8-11(10-16)7-12(14)9-13/h3,7-9,16H,1,4-6,10H2,2H3. The fraction of sp³-hybridized carbons (Fsp3) is 0.385. The maximum absolute atomic E-state index is 13.2. The largest absolute Gasteiger partial charge is 0.392 e. The molecule has 0 unspecified atom stereocenters. The number of halogens is 1. The minimum absolute atomic E-state index is 0.134. The number of aliphatic hydroxyl groups is 1. The van der Waals surface area contributed by atoms with Crippen LogP contribution < -0.4 is 4.90 Å². The summed E-state index contributed by atoms with van der Waals surface area (Å²) >= 11 is 0. The maximum atomic E-state index is 13.2. The molecular weight excluding hydrogens is 205 g/mol. The van der Waals surface area contributed by atoms with Gasteiger partial charge in [0.25, 0.3) is 0 Å². The smallest absolute Gasteiger partial charge is 0.125 e. The van der Waals surface area contributed by atoms with E-state index in [2.05, 4.69) is 6.58 Å². The van der Waals surface area contributed by atoms with Crippen molar-refractivity contribution in [3.63, 3.8) is 0 Å². The second kappa shape index (κ2) is 6.28. The number of unbranched alkanes of at least 4 members (excludes halogenated alkanes) is 1. The summed E-state index contributed by atoms with van der Waals surface area (Å²) in [7, 11) is 1.92. The summed E-state index contributed by atoms with van der Waals surface area (Å²) in [6, 6.07) is 4.63. The zero-order chi connectivity index (χ0) is 12.0. The molecule has 0 bridgehead atoms. The molecule has 0 fully saturated rings. The Balaban J connectivity index is 2.70. The van der Waals surface area contributed by atoms with Crippen LogP contribution in [0.4, 0.5) is 10.1 Å². The van der Waals surface area contributed by atoms with Crippen molar-refractivity contribution in [1.29, 1.82) is 0 Å². The lowest BCUT2D eigenvalue weighted by Gasteiger charge is -2.19. The lowest BCUT2D eigenvalue weighted by atomic mass is 10.2. The third-order valence-electron chi connectivity index (χ3n) is 2.47. The van der Waals surface area contributed by atoms with E-state index < -0.39 is 0 Å². The molecule has 3 heteroatoms. The van der Waals surface area contributed by atoms with Gasteiger partial charge in [0, 0.05) is 19.3 Å². The van der Waals surface area contributed by atoms with Crippen LogP contribution in [0, 0.1) is 5.82 Å². The van der Waals surface area contributed by atoms with E-state index in [1.165, 1.54) is 12.1 Å². The van der Waals surface area contributed by atoms with Crippen molar-refractivity contribution < 1.29 is 9.50 Å². The molecule has 1 rings (SSSR count). The third kappa shape index (κ3) is 3.66. The lowest BCUT2D eigenvalue weighted by molar-refractivity contribution is 0.281. The van der Waals surface area contributed by atoms with Crippen molar-refractivity contribution in [2.24, 2.45) is 0 Å². The Hall–Kier alpha value is -1.35. The van der Waals surface area contributed by atoms with Crippen LogP contribution >= 0.6 is 0 Å². The van der Waals surface area contributed by atoms with Gasteiger partial charge in [-0.3, -0.25) is 0 Å². The Labute approximate surface area is 96.0 Å². The molecule has 0 amide bonds. The number of hydrogen-bond donors (Lipinski definition) is 1. The molecule has 0 aliphatic carbocycles. The predicted molar refractivity (Wildman–Crippen MR) is 65.0 cm³/mol. The van der Waals surface area contributed by atoms with Gasteiger partial charge in [-0.1, -0.05) is 6.08 Å². The van der Waals surface area contributed by atoms with Gasteiger partial charge in [0.1, 0.15) is 5.82 Å². The molecule has 2 nitrogen and oxygen atoms in total. The summed E-state index contributed by atoms with van der Waals surface area (Å²) in [4.78, 5) is 1.98. The van der Waals surface area contributed by atoms with Crippen molar-refractivity contribution in [3.8, 4) is 0 Å². The quantitative estimate of drug-likeness (QED) is 0.592. The van der Waals surface area contributed by atoms with E-state index in [1.54, 1.807) is 6.07 Å². The van der Waals surface area contributed by atoms with Crippen LogP contribution in [0.25, 0.3) is 0 Å². The van der Waals surface area contributed by atoms with E-state index in [0.717, 1.165) is 25.1 Å². The molecule has 16 heavy (non-hydrogen) atoms. The molecule has 0 heterocycles. The molecule has 1 aromatic rings. The minimum Gasteiger partial charge on any atom is -0.392 e. The van der Waals surface area contributed by atoms with Crippen LogP contribution in [0.2, 0.25) is 0 Å². The van der Waals surface area contributed by atoms with Crippen LogP contribution in [0.15, 0.2) is 30.9 Å². The minimum atomic E-state index is -0.308. The summed E-state index contributed by atoms with van der Waals surface area (Å²) in [5, 5.41) is 8.98. The number of rotatable bonds is 6. The highest BCUT2D eigenvalue weighted by Gasteiger charge is 2.04. The SMILES string of the molecule is C=CCCCN(C)c1cc(F)cc(CO)c1. The lowest BCUT2D eigenvalue weighted by Crippen LogP contribution is -2.18. The average Bonchev–Trinajstić information content (AvgIpc) is 2.28. The molecule has 0 atom stereocenters. The van der Waals surface area contributed by atoms with Crippen molar-refractivity contribution in [2.75, 3.05) is 18.5 Å². The topological polar surface area (TPSA) is 23.5 Å². The predicted octanol–water partition coefficient (Wildman–Crippen LogP) is 2.72. The highest BCUT2D eigenvalue weighted by molar-refractivity contribution is 5.48. The van der Waals surface area contributed by atoms with Gasteiger partial charge in [-0.05, 0) is 36.6 Å². The van der Waals surface area contributed by atoms with Gasteiger partial charge in [0.05, 0.1) is 6.61 Å². The van der Waals surface area contributed by atoms with E-state index in [1.807, 2.05) is 18.0 Å². The fourth-order valence-corrected chi connectivity index (χ4v) is 1.55. The molecule has 0 aromatic heterocycles. The summed E-state index contributed by atoms with van der Waals surface area (Å²) in [5.41, 5.74) is 1.40. The van der Waals surface area contributed by atoms with Crippen LogP contribution in [0.3, 0.4) is 0 Å². The second-order valence-electron chi connectivity index (χ2n) is 3.83. The molecule has 1 N–H and O–H groups in total. The van der Waals surface area contributed by atoms with E-state index in [9.17, 15) is 4.39 Å². The summed E-state index contributed by atoms with van der Waals surface area (Å²) in [5.74, 6) is -0.308. The van der Waals surface area contributed by atoms with E-state index in [0.29, 0.717) is 5.56 Å². The van der Waals surface area contributed by atoms with Crippen molar-refractivity contribution >= 4 is 5.69 Å². The van der Waals surface area contributed by atoms with Crippen LogP contribution in [0.5, 0.6) is 0 Å². The first-order valence-corrected chi connectivity index (χ1v) is 5.39. The van der Waals surface area contributed by atoms with Gasteiger partial charge >= 0.3 is 0 Å². The highest BCUT2D eigenvalue weighted by Crippen LogP contribution is 2.18. The van der Waals surface area contributed by atoms with Crippen molar-refractivity contribution in [3.05, 3.63) is 42.2 Å². The molecule has 0 radical (unpaired) electrons. The van der Waals surface area contributed by atoms with Gasteiger partial charge < -0.3 is 10.0 Å². The first-order valence-electron chi connectivity index (χ1n) is 5.39. The Morgan fingerprint density at radius 2 is 2.19 bits per heavy atom. The molecule has 0 aliphatic heterocycles. The molecule has 0 spiro atoms. The van der Waals surface area contributed by atoms with Gasteiger partial charge in [-0.15, -0.1) is 6.58 Å². The third-order valence-corrected chi connectivity index (χ3v) is 2.47. The number of benzene rings is 1. The molecule has 0 saturated carbocycles. The maximum Gasteiger partial charge on any atom is 0.125 e. The Bertz CT molecular complexity index is 352. The van der Waals surface area contributed by atoms with Gasteiger partial charge in [0.15, 0.2) is 0 Å². The first kappa shape index (κ1) is 12.7. The molecule has 1 aromatic carbocycles. The normalized spacial score (nSPS) is 10.2. The zero-order valence-corrected chi connectivity index (χ0v) is 9.62. The van der Waals surface area contributed by atoms with Gasteiger partial charge in [-0.2, -0.15) is 0 Å². The van der Waals surface area contributed by atoms with Crippen LogP contribution in [-0.2, 0) is 6.61 Å². The van der Waals surface area contributed by atoms with Crippen molar-refractivity contribution in [1.82, 2.24) is 0 Å². The number of nitrogens with zero attached hydrogens (tertiary/aromatic N) is 1. The van der Waals surface area contributed by atoms with Crippen molar-refractivity contribution in [2.45, 2.75) is 19.4 Å². The number of aliphatic hydroxyl groups excluding tert-OH is 1. The zero-order valence-electron chi connectivity index (χ0n) is 9.62. The Morgan fingerprint density at radius 3 is 2.81 bits per heavy atom. The highest BCUT2D eigenvalue weighted by atomic mass is 19.1. The van der Waals surface area contributed by atoms with Crippen LogP contribution in [0.1, 0.15) is 18.4 Å². The molecular formula is C13H18FNO. The Kier molecular flexibility index (Phi) is 4.99. The average molecular weight is 223 g/mol. The summed E-state index contributed by atoms with van der Waals surface area (Å²) in [6.45, 7) is 4.37.